The first-order valence-electron chi connectivity index (χ1n) is 7.91. The van der Waals surface area contributed by atoms with Gasteiger partial charge in [-0.05, 0) is 71.4 Å². The van der Waals surface area contributed by atoms with Gasteiger partial charge in [-0.25, -0.2) is 0 Å². The number of nitrogens with one attached hydrogen (secondary N) is 1. The Morgan fingerprint density at radius 1 is 1.21 bits per heavy atom. The number of halogens is 1. The summed E-state index contributed by atoms with van der Waals surface area (Å²) in [5, 5.41) is 3.34. The SMILES string of the molecule is CCCN(Cc1ccccc1)C(=S)NC(=O)c1ccc(C)c(I)c1. The van der Waals surface area contributed by atoms with Crippen LogP contribution in [0.3, 0.4) is 0 Å². The molecule has 0 spiro atoms. The lowest BCUT2D eigenvalue weighted by Crippen LogP contribution is -2.42. The van der Waals surface area contributed by atoms with E-state index in [0.717, 1.165) is 22.1 Å². The number of aryl methyl sites for hydroxylation is 1. The van der Waals surface area contributed by atoms with Crippen LogP contribution in [0, 0.1) is 10.5 Å². The van der Waals surface area contributed by atoms with Crippen LogP contribution in [0.4, 0.5) is 0 Å². The van der Waals surface area contributed by atoms with Crippen LogP contribution in [0.5, 0.6) is 0 Å². The van der Waals surface area contributed by atoms with E-state index in [-0.39, 0.29) is 5.91 Å². The summed E-state index contributed by atoms with van der Waals surface area (Å²) in [5.41, 5.74) is 2.96. The molecule has 0 unspecified atom stereocenters. The molecule has 2 rings (SSSR count). The second-order valence-corrected chi connectivity index (χ2v) is 7.18. The van der Waals surface area contributed by atoms with Gasteiger partial charge in [-0.3, -0.25) is 10.1 Å². The van der Waals surface area contributed by atoms with Crippen molar-refractivity contribution >= 4 is 45.8 Å². The molecule has 0 fully saturated rings. The molecule has 0 saturated carbocycles. The Morgan fingerprint density at radius 2 is 1.92 bits per heavy atom. The molecule has 0 bridgehead atoms. The van der Waals surface area contributed by atoms with Crippen molar-refractivity contribution in [1.29, 1.82) is 0 Å². The van der Waals surface area contributed by atoms with Crippen molar-refractivity contribution in [2.24, 2.45) is 0 Å². The summed E-state index contributed by atoms with van der Waals surface area (Å²) in [6.07, 6.45) is 0.964. The molecular weight excluding hydrogens is 431 g/mol. The van der Waals surface area contributed by atoms with Crippen molar-refractivity contribution in [3.63, 3.8) is 0 Å². The second-order valence-electron chi connectivity index (χ2n) is 5.63. The molecule has 126 valence electrons. The lowest BCUT2D eigenvalue weighted by molar-refractivity contribution is 0.0973. The second kappa shape index (κ2) is 9.13. The molecule has 2 aromatic rings. The van der Waals surface area contributed by atoms with Gasteiger partial charge in [0.15, 0.2) is 5.11 Å². The third-order valence-electron chi connectivity index (χ3n) is 3.65. The number of nitrogens with zero attached hydrogens (tertiary/aromatic N) is 1. The van der Waals surface area contributed by atoms with Gasteiger partial charge in [-0.1, -0.05) is 43.3 Å². The number of hydrogen-bond acceptors (Lipinski definition) is 2. The van der Waals surface area contributed by atoms with E-state index >= 15 is 0 Å². The van der Waals surface area contributed by atoms with Gasteiger partial charge in [-0.15, -0.1) is 0 Å². The Morgan fingerprint density at radius 3 is 2.54 bits per heavy atom. The summed E-state index contributed by atoms with van der Waals surface area (Å²) in [4.78, 5) is 14.5. The van der Waals surface area contributed by atoms with Gasteiger partial charge in [0, 0.05) is 22.2 Å². The standard InChI is InChI=1S/C19H21IN2OS/c1-3-11-22(13-15-7-5-4-6-8-15)19(24)21-18(23)16-10-9-14(2)17(20)12-16/h4-10,12H,3,11,13H2,1-2H3,(H,21,23,24). The van der Waals surface area contributed by atoms with Crippen LogP contribution in [-0.2, 0) is 6.54 Å². The number of rotatable bonds is 5. The molecular formula is C19H21IN2OS. The van der Waals surface area contributed by atoms with Gasteiger partial charge in [0.25, 0.3) is 5.91 Å². The van der Waals surface area contributed by atoms with Crippen LogP contribution in [-0.4, -0.2) is 22.5 Å². The van der Waals surface area contributed by atoms with Gasteiger partial charge in [0.1, 0.15) is 0 Å². The molecule has 0 aliphatic rings. The van der Waals surface area contributed by atoms with E-state index < -0.39 is 0 Å². The van der Waals surface area contributed by atoms with Crippen LogP contribution < -0.4 is 5.32 Å². The normalized spacial score (nSPS) is 10.3. The molecule has 0 radical (unpaired) electrons. The molecule has 2 aromatic carbocycles. The number of carbonyl (C=O) groups is 1. The van der Waals surface area contributed by atoms with E-state index in [9.17, 15) is 4.79 Å². The predicted octanol–water partition coefficient (Wildman–Crippen LogP) is 4.53. The molecule has 5 heteroatoms. The molecule has 0 aliphatic heterocycles. The fourth-order valence-electron chi connectivity index (χ4n) is 2.31. The zero-order chi connectivity index (χ0) is 17.5. The van der Waals surface area contributed by atoms with Crippen LogP contribution in [0.15, 0.2) is 48.5 Å². The summed E-state index contributed by atoms with van der Waals surface area (Å²) >= 11 is 7.70. The highest BCUT2D eigenvalue weighted by molar-refractivity contribution is 14.1. The predicted molar refractivity (Wildman–Crippen MR) is 111 cm³/mol. The van der Waals surface area contributed by atoms with Crippen LogP contribution in [0.1, 0.15) is 34.8 Å². The Bertz CT molecular complexity index is 719. The van der Waals surface area contributed by atoms with Crippen molar-refractivity contribution in [1.82, 2.24) is 10.2 Å². The van der Waals surface area contributed by atoms with Crippen molar-refractivity contribution in [3.8, 4) is 0 Å². The van der Waals surface area contributed by atoms with Gasteiger partial charge in [-0.2, -0.15) is 0 Å². The van der Waals surface area contributed by atoms with Gasteiger partial charge in [0.2, 0.25) is 0 Å². The maximum atomic E-state index is 12.5. The van der Waals surface area contributed by atoms with E-state index in [2.05, 4.69) is 47.0 Å². The van der Waals surface area contributed by atoms with Gasteiger partial charge >= 0.3 is 0 Å². The largest absolute Gasteiger partial charge is 0.345 e. The van der Waals surface area contributed by atoms with Crippen molar-refractivity contribution in [2.45, 2.75) is 26.8 Å². The third kappa shape index (κ3) is 5.27. The average Bonchev–Trinajstić information content (AvgIpc) is 2.57. The summed E-state index contributed by atoms with van der Waals surface area (Å²) in [6, 6.07) is 15.8. The fraction of sp³-hybridized carbons (Fsp3) is 0.263. The van der Waals surface area contributed by atoms with Gasteiger partial charge < -0.3 is 4.90 Å². The van der Waals surface area contributed by atoms with Crippen LogP contribution >= 0.6 is 34.8 Å². The van der Waals surface area contributed by atoms with Crippen LogP contribution in [0.2, 0.25) is 0 Å². The van der Waals surface area contributed by atoms with E-state index in [1.807, 2.05) is 48.2 Å². The summed E-state index contributed by atoms with van der Waals surface area (Å²) < 4.78 is 1.07. The van der Waals surface area contributed by atoms with E-state index in [4.69, 9.17) is 12.2 Å². The first kappa shape index (κ1) is 18.9. The highest BCUT2D eigenvalue weighted by Gasteiger charge is 2.14. The van der Waals surface area contributed by atoms with E-state index in [1.54, 1.807) is 0 Å². The number of benzene rings is 2. The molecule has 3 nitrogen and oxygen atoms in total. The highest BCUT2D eigenvalue weighted by Crippen LogP contribution is 2.14. The first-order chi connectivity index (χ1) is 11.5. The Labute approximate surface area is 162 Å². The van der Waals surface area contributed by atoms with Crippen molar-refractivity contribution in [2.75, 3.05) is 6.54 Å². The molecule has 0 heterocycles. The molecule has 1 amide bonds. The third-order valence-corrected chi connectivity index (χ3v) is 5.17. The lowest BCUT2D eigenvalue weighted by Gasteiger charge is -2.25. The molecule has 1 N–H and O–H groups in total. The number of hydrogen-bond donors (Lipinski definition) is 1. The average molecular weight is 452 g/mol. The highest BCUT2D eigenvalue weighted by atomic mass is 127. The molecule has 24 heavy (non-hydrogen) atoms. The number of amides is 1. The minimum Gasteiger partial charge on any atom is -0.345 e. The Kier molecular flexibility index (Phi) is 7.17. The molecule has 0 aromatic heterocycles. The molecule has 0 saturated heterocycles. The smallest absolute Gasteiger partial charge is 0.257 e. The summed E-state index contributed by atoms with van der Waals surface area (Å²) in [5.74, 6) is -0.160. The van der Waals surface area contributed by atoms with Gasteiger partial charge in [0.05, 0.1) is 0 Å². The quantitative estimate of drug-likeness (QED) is 0.535. The number of thiocarbonyl (C=S) groups is 1. The monoisotopic (exact) mass is 452 g/mol. The first-order valence-corrected chi connectivity index (χ1v) is 9.40. The summed E-state index contributed by atoms with van der Waals surface area (Å²) in [6.45, 7) is 5.63. The zero-order valence-electron chi connectivity index (χ0n) is 13.9. The lowest BCUT2D eigenvalue weighted by atomic mass is 10.1. The Balaban J connectivity index is 2.06. The summed E-state index contributed by atoms with van der Waals surface area (Å²) in [7, 11) is 0. The molecule has 0 atom stereocenters. The van der Waals surface area contributed by atoms with Crippen LogP contribution in [0.25, 0.3) is 0 Å². The maximum absolute atomic E-state index is 12.5. The molecule has 0 aliphatic carbocycles. The minimum absolute atomic E-state index is 0.160. The van der Waals surface area contributed by atoms with Crippen molar-refractivity contribution in [3.05, 3.63) is 68.8 Å². The zero-order valence-corrected chi connectivity index (χ0v) is 16.9. The fourth-order valence-corrected chi connectivity index (χ4v) is 3.07. The van der Waals surface area contributed by atoms with E-state index in [0.29, 0.717) is 17.2 Å². The maximum Gasteiger partial charge on any atom is 0.257 e. The van der Waals surface area contributed by atoms with E-state index in [1.165, 1.54) is 5.56 Å². The topological polar surface area (TPSA) is 32.3 Å². The minimum atomic E-state index is -0.160. The number of carbonyl (C=O) groups excluding carboxylic acids is 1. The Hall–Kier alpha value is -1.47. The van der Waals surface area contributed by atoms with Crippen molar-refractivity contribution < 1.29 is 4.79 Å².